The van der Waals surface area contributed by atoms with Gasteiger partial charge in [0.25, 0.3) is 15.9 Å². The van der Waals surface area contributed by atoms with Crippen molar-refractivity contribution >= 4 is 15.9 Å². The maximum Gasteiger partial charge on any atom is 0.259 e. The van der Waals surface area contributed by atoms with Gasteiger partial charge >= 0.3 is 0 Å². The van der Waals surface area contributed by atoms with Gasteiger partial charge < -0.3 is 5.73 Å². The number of carbonyl (C=O) groups is 1. The monoisotopic (exact) mass is 274 g/mol. The minimum atomic E-state index is -3.54. The molecular formula is C12H22N2O3S. The SMILES string of the molecule is CC1CCCC(CN)(N2C(=O)C(C)(C)S2(=O)=O)C1. The van der Waals surface area contributed by atoms with Gasteiger partial charge in [0.15, 0.2) is 4.75 Å². The lowest BCUT2D eigenvalue weighted by atomic mass is 9.76. The average molecular weight is 274 g/mol. The lowest BCUT2D eigenvalue weighted by molar-refractivity contribution is -0.138. The van der Waals surface area contributed by atoms with Crippen molar-refractivity contribution in [3.05, 3.63) is 0 Å². The van der Waals surface area contributed by atoms with Crippen LogP contribution in [-0.2, 0) is 14.8 Å². The fraction of sp³-hybridized carbons (Fsp3) is 0.917. The Morgan fingerprint density at radius 3 is 2.50 bits per heavy atom. The standard InChI is InChI=1S/C12H22N2O3S/c1-9-5-4-6-12(7-9,8-13)14-10(15)11(2,3)18(14,16)17/h9H,4-8,13H2,1-3H3. The van der Waals surface area contributed by atoms with Gasteiger partial charge in [-0.3, -0.25) is 4.79 Å². The number of hydrogen-bond donors (Lipinski definition) is 1. The smallest absolute Gasteiger partial charge is 0.259 e. The van der Waals surface area contributed by atoms with Crippen molar-refractivity contribution in [3.8, 4) is 0 Å². The molecule has 0 spiro atoms. The van der Waals surface area contributed by atoms with E-state index in [0.29, 0.717) is 18.8 Å². The zero-order chi connectivity index (χ0) is 13.8. The summed E-state index contributed by atoms with van der Waals surface area (Å²) in [6.45, 7) is 5.25. The summed E-state index contributed by atoms with van der Waals surface area (Å²) in [5, 5.41) is 0. The largest absolute Gasteiger partial charge is 0.328 e. The summed E-state index contributed by atoms with van der Waals surface area (Å²) in [6.07, 6.45) is 3.38. The predicted octanol–water partition coefficient (Wildman–Crippen LogP) is 0.845. The highest BCUT2D eigenvalue weighted by molar-refractivity contribution is 7.94. The molecule has 18 heavy (non-hydrogen) atoms. The van der Waals surface area contributed by atoms with Gasteiger partial charge in [0.2, 0.25) is 0 Å². The van der Waals surface area contributed by atoms with Crippen LogP contribution in [0.5, 0.6) is 0 Å². The van der Waals surface area contributed by atoms with E-state index >= 15 is 0 Å². The van der Waals surface area contributed by atoms with Gasteiger partial charge in [0.1, 0.15) is 0 Å². The minimum absolute atomic E-state index is 0.221. The highest BCUT2D eigenvalue weighted by Crippen LogP contribution is 2.46. The summed E-state index contributed by atoms with van der Waals surface area (Å²) in [7, 11) is -3.54. The van der Waals surface area contributed by atoms with Crippen LogP contribution in [0.3, 0.4) is 0 Å². The third-order valence-electron chi connectivity index (χ3n) is 4.46. The number of nitrogens with zero attached hydrogens (tertiary/aromatic N) is 1. The Hall–Kier alpha value is -0.620. The first-order valence-corrected chi connectivity index (χ1v) is 7.92. The van der Waals surface area contributed by atoms with Crippen LogP contribution in [0.4, 0.5) is 0 Å². The lowest BCUT2D eigenvalue weighted by Gasteiger charge is -2.55. The van der Waals surface area contributed by atoms with Crippen molar-refractivity contribution in [3.63, 3.8) is 0 Å². The molecule has 2 aliphatic rings. The van der Waals surface area contributed by atoms with Gasteiger partial charge in [-0.15, -0.1) is 0 Å². The molecule has 1 aliphatic heterocycles. The maximum atomic E-state index is 12.3. The molecular weight excluding hydrogens is 252 g/mol. The van der Waals surface area contributed by atoms with Crippen molar-refractivity contribution in [2.24, 2.45) is 11.7 Å². The number of rotatable bonds is 2. The van der Waals surface area contributed by atoms with Gasteiger partial charge in [-0.25, -0.2) is 12.7 Å². The van der Waals surface area contributed by atoms with Crippen LogP contribution in [0.25, 0.3) is 0 Å². The van der Waals surface area contributed by atoms with E-state index in [1.807, 2.05) is 0 Å². The normalized spacial score (nSPS) is 38.3. The van der Waals surface area contributed by atoms with E-state index in [4.69, 9.17) is 5.73 Å². The molecule has 104 valence electrons. The first-order chi connectivity index (χ1) is 8.19. The molecule has 6 heteroatoms. The zero-order valence-electron chi connectivity index (χ0n) is 11.3. The number of hydrogen-bond acceptors (Lipinski definition) is 4. The molecule has 2 N–H and O–H groups in total. The van der Waals surface area contributed by atoms with Gasteiger partial charge in [0.05, 0.1) is 5.54 Å². The molecule has 0 aromatic heterocycles. The number of carbonyl (C=O) groups excluding carboxylic acids is 1. The molecule has 1 heterocycles. The molecule has 5 nitrogen and oxygen atoms in total. The van der Waals surface area contributed by atoms with E-state index in [9.17, 15) is 13.2 Å². The summed E-state index contributed by atoms with van der Waals surface area (Å²) >= 11 is 0. The van der Waals surface area contributed by atoms with Gasteiger partial charge in [-0.2, -0.15) is 0 Å². The van der Waals surface area contributed by atoms with Crippen LogP contribution in [0.15, 0.2) is 0 Å². The summed E-state index contributed by atoms with van der Waals surface area (Å²) < 4.78 is 24.4. The molecule has 2 rings (SSSR count). The molecule has 2 fully saturated rings. The predicted molar refractivity (Wildman–Crippen MR) is 69.3 cm³/mol. The van der Waals surface area contributed by atoms with Crippen LogP contribution in [0.2, 0.25) is 0 Å². The molecule has 1 saturated carbocycles. The van der Waals surface area contributed by atoms with E-state index in [1.54, 1.807) is 0 Å². The fourth-order valence-corrected chi connectivity index (χ4v) is 5.04. The fourth-order valence-electron chi connectivity index (χ4n) is 3.21. The molecule has 0 radical (unpaired) electrons. The van der Waals surface area contributed by atoms with E-state index < -0.39 is 20.3 Å². The second-order valence-electron chi connectivity index (χ2n) is 6.21. The number of amides is 1. The van der Waals surface area contributed by atoms with Crippen molar-refractivity contribution in [1.82, 2.24) is 4.31 Å². The molecule has 0 aromatic rings. The third-order valence-corrected chi connectivity index (χ3v) is 6.96. The van der Waals surface area contributed by atoms with E-state index in [2.05, 4.69) is 6.92 Å². The topological polar surface area (TPSA) is 80.5 Å². The van der Waals surface area contributed by atoms with Crippen LogP contribution in [0.1, 0.15) is 46.5 Å². The summed E-state index contributed by atoms with van der Waals surface area (Å²) in [5.74, 6) is 0.107. The first-order valence-electron chi connectivity index (χ1n) is 6.48. The quantitative estimate of drug-likeness (QED) is 0.809. The third kappa shape index (κ3) is 1.54. The second-order valence-corrected chi connectivity index (χ2v) is 8.55. The summed E-state index contributed by atoms with van der Waals surface area (Å²) in [6, 6.07) is 0. The Morgan fingerprint density at radius 1 is 1.44 bits per heavy atom. The van der Waals surface area contributed by atoms with Gasteiger partial charge in [-0.05, 0) is 32.6 Å². The van der Waals surface area contributed by atoms with Gasteiger partial charge in [-0.1, -0.05) is 19.8 Å². The Bertz CT molecular complexity index is 472. The lowest BCUT2D eigenvalue weighted by Crippen LogP contribution is -2.76. The highest BCUT2D eigenvalue weighted by Gasteiger charge is 2.66. The molecule has 1 amide bonds. The van der Waals surface area contributed by atoms with Crippen LogP contribution in [0, 0.1) is 5.92 Å². The first kappa shape index (κ1) is 13.8. The van der Waals surface area contributed by atoms with E-state index in [-0.39, 0.29) is 12.5 Å². The Kier molecular flexibility index (Phi) is 3.02. The number of nitrogens with two attached hydrogens (primary N) is 1. The molecule has 0 bridgehead atoms. The van der Waals surface area contributed by atoms with Gasteiger partial charge in [0, 0.05) is 6.54 Å². The molecule has 2 unspecified atom stereocenters. The molecule has 1 aliphatic carbocycles. The second kappa shape index (κ2) is 3.93. The zero-order valence-corrected chi connectivity index (χ0v) is 12.1. The van der Waals surface area contributed by atoms with Crippen molar-refractivity contribution in [1.29, 1.82) is 0 Å². The van der Waals surface area contributed by atoms with Crippen LogP contribution < -0.4 is 5.73 Å². The highest BCUT2D eigenvalue weighted by atomic mass is 32.2. The average Bonchev–Trinajstić information content (AvgIpc) is 2.28. The van der Waals surface area contributed by atoms with E-state index in [1.165, 1.54) is 13.8 Å². The Balaban J connectivity index is 2.39. The minimum Gasteiger partial charge on any atom is -0.328 e. The summed E-state index contributed by atoms with van der Waals surface area (Å²) in [4.78, 5) is 12.2. The van der Waals surface area contributed by atoms with Crippen LogP contribution in [-0.4, -0.2) is 35.5 Å². The summed E-state index contributed by atoms with van der Waals surface area (Å²) in [5.41, 5.74) is 5.15. The molecule has 0 aromatic carbocycles. The van der Waals surface area contributed by atoms with Crippen LogP contribution >= 0.6 is 0 Å². The molecule has 1 saturated heterocycles. The number of sulfonamides is 1. The Labute approximate surface area is 109 Å². The Morgan fingerprint density at radius 2 is 2.06 bits per heavy atom. The maximum absolute atomic E-state index is 12.3. The van der Waals surface area contributed by atoms with Crippen molar-refractivity contribution in [2.45, 2.75) is 56.7 Å². The van der Waals surface area contributed by atoms with Crippen molar-refractivity contribution in [2.75, 3.05) is 6.54 Å². The van der Waals surface area contributed by atoms with E-state index in [0.717, 1.165) is 17.1 Å². The molecule has 2 atom stereocenters. The van der Waals surface area contributed by atoms with Crippen molar-refractivity contribution < 1.29 is 13.2 Å².